The van der Waals surface area contributed by atoms with E-state index in [2.05, 4.69) is 36.2 Å². The molecule has 0 saturated heterocycles. The van der Waals surface area contributed by atoms with Gasteiger partial charge in [-0.2, -0.15) is 5.10 Å². The second-order valence-corrected chi connectivity index (χ2v) is 5.95. The highest BCUT2D eigenvalue weighted by atomic mass is 16.5. The Morgan fingerprint density at radius 3 is 2.75 bits per heavy atom. The molecule has 0 spiro atoms. The lowest BCUT2D eigenvalue weighted by Gasteiger charge is -2.29. The summed E-state index contributed by atoms with van der Waals surface area (Å²) >= 11 is 0. The first kappa shape index (κ1) is 15.4. The molecule has 2 rings (SSSR count). The summed E-state index contributed by atoms with van der Waals surface area (Å²) in [6.45, 7) is 8.15. The van der Waals surface area contributed by atoms with Gasteiger partial charge in [-0.15, -0.1) is 0 Å². The van der Waals surface area contributed by atoms with Gasteiger partial charge in [-0.25, -0.2) is 9.67 Å². The summed E-state index contributed by atoms with van der Waals surface area (Å²) in [6.07, 6.45) is 7.95. The average molecular weight is 280 g/mol. The Kier molecular flexibility index (Phi) is 5.98. The van der Waals surface area contributed by atoms with Gasteiger partial charge in [0.1, 0.15) is 12.9 Å². The molecule has 0 radical (unpaired) electrons. The van der Waals surface area contributed by atoms with Crippen LogP contribution in [0.4, 0.5) is 0 Å². The van der Waals surface area contributed by atoms with Crippen LogP contribution in [-0.4, -0.2) is 33.5 Å². The van der Waals surface area contributed by atoms with Crippen LogP contribution >= 0.6 is 0 Å². The Labute approximate surface area is 122 Å². The Morgan fingerprint density at radius 2 is 2.10 bits per heavy atom. The molecule has 1 heterocycles. The minimum atomic E-state index is 0.338. The normalized spacial score (nSPS) is 23.4. The van der Waals surface area contributed by atoms with Gasteiger partial charge in [-0.05, 0) is 52.5 Å². The van der Waals surface area contributed by atoms with Crippen LogP contribution in [0.5, 0.6) is 0 Å². The van der Waals surface area contributed by atoms with Gasteiger partial charge >= 0.3 is 0 Å². The van der Waals surface area contributed by atoms with E-state index < -0.39 is 0 Å². The smallest absolute Gasteiger partial charge is 0.153 e. The maximum atomic E-state index is 6.02. The van der Waals surface area contributed by atoms with E-state index >= 15 is 0 Å². The zero-order valence-electron chi connectivity index (χ0n) is 13.0. The first-order valence-electron chi connectivity index (χ1n) is 7.94. The lowest BCUT2D eigenvalue weighted by Crippen LogP contribution is -2.35. The molecule has 0 bridgehead atoms. The maximum Gasteiger partial charge on any atom is 0.153 e. The minimum Gasteiger partial charge on any atom is -0.370 e. The van der Waals surface area contributed by atoms with Gasteiger partial charge in [0.25, 0.3) is 0 Å². The van der Waals surface area contributed by atoms with E-state index in [-0.39, 0.29) is 0 Å². The second kappa shape index (κ2) is 7.74. The molecule has 0 atom stereocenters. The summed E-state index contributed by atoms with van der Waals surface area (Å²) in [5, 5.41) is 7.84. The molecule has 1 aliphatic carbocycles. The van der Waals surface area contributed by atoms with Gasteiger partial charge in [0.2, 0.25) is 0 Å². The maximum absolute atomic E-state index is 6.02. The lowest BCUT2D eigenvalue weighted by atomic mass is 9.93. The van der Waals surface area contributed by atoms with Crippen LogP contribution in [0.25, 0.3) is 0 Å². The summed E-state index contributed by atoms with van der Waals surface area (Å²) < 4.78 is 7.96. The molecule has 1 aromatic rings. The monoisotopic (exact) mass is 280 g/mol. The van der Waals surface area contributed by atoms with Crippen LogP contribution in [0.1, 0.15) is 64.7 Å². The topological polar surface area (TPSA) is 52.0 Å². The Bertz CT molecular complexity index is 383. The fourth-order valence-corrected chi connectivity index (χ4v) is 2.78. The number of aromatic nitrogens is 3. The summed E-state index contributed by atoms with van der Waals surface area (Å²) in [5.41, 5.74) is 0. The van der Waals surface area contributed by atoms with Gasteiger partial charge in [0.15, 0.2) is 5.82 Å². The standard InChI is InChI=1S/C15H28N4O/c1-4-9-16-13-5-7-14(8-6-13)20-10-15-17-11-18-19(15)12(2)3/h11-14,16H,4-10H2,1-3H3. The van der Waals surface area contributed by atoms with Crippen molar-refractivity contribution in [3.63, 3.8) is 0 Å². The van der Waals surface area contributed by atoms with Gasteiger partial charge in [-0.3, -0.25) is 0 Å². The molecule has 20 heavy (non-hydrogen) atoms. The van der Waals surface area contributed by atoms with Gasteiger partial charge in [0.05, 0.1) is 6.10 Å². The number of nitrogens with one attached hydrogen (secondary N) is 1. The summed E-state index contributed by atoms with van der Waals surface area (Å²) in [5.74, 6) is 0.936. The number of hydrogen-bond donors (Lipinski definition) is 1. The van der Waals surface area contributed by atoms with E-state index in [1.54, 1.807) is 6.33 Å². The third kappa shape index (κ3) is 4.28. The van der Waals surface area contributed by atoms with E-state index in [0.717, 1.165) is 25.2 Å². The number of hydrogen-bond acceptors (Lipinski definition) is 4. The van der Waals surface area contributed by atoms with Crippen molar-refractivity contribution in [2.75, 3.05) is 6.54 Å². The van der Waals surface area contributed by atoms with E-state index in [9.17, 15) is 0 Å². The summed E-state index contributed by atoms with van der Waals surface area (Å²) in [6, 6.07) is 1.03. The van der Waals surface area contributed by atoms with Crippen LogP contribution in [0, 0.1) is 0 Å². The van der Waals surface area contributed by atoms with Crippen molar-refractivity contribution >= 4 is 0 Å². The molecule has 0 aliphatic heterocycles. The largest absolute Gasteiger partial charge is 0.370 e. The Balaban J connectivity index is 1.72. The molecular weight excluding hydrogens is 252 g/mol. The molecule has 1 fully saturated rings. The first-order valence-corrected chi connectivity index (χ1v) is 7.94. The third-order valence-electron chi connectivity index (χ3n) is 3.94. The molecule has 0 unspecified atom stereocenters. The van der Waals surface area contributed by atoms with Crippen molar-refractivity contribution in [1.82, 2.24) is 20.1 Å². The van der Waals surface area contributed by atoms with Crippen LogP contribution in [0.2, 0.25) is 0 Å². The van der Waals surface area contributed by atoms with Crippen LogP contribution in [0.3, 0.4) is 0 Å². The third-order valence-corrected chi connectivity index (χ3v) is 3.94. The summed E-state index contributed by atoms with van der Waals surface area (Å²) in [4.78, 5) is 4.29. The van der Waals surface area contributed by atoms with E-state index in [4.69, 9.17) is 4.74 Å². The van der Waals surface area contributed by atoms with Crippen molar-refractivity contribution in [2.24, 2.45) is 0 Å². The number of ether oxygens (including phenoxy) is 1. The molecule has 1 saturated carbocycles. The fourth-order valence-electron chi connectivity index (χ4n) is 2.78. The van der Waals surface area contributed by atoms with Crippen molar-refractivity contribution in [3.05, 3.63) is 12.2 Å². The number of rotatable bonds is 7. The van der Waals surface area contributed by atoms with E-state index in [1.165, 1.54) is 19.3 Å². The second-order valence-electron chi connectivity index (χ2n) is 5.95. The van der Waals surface area contributed by atoms with Crippen molar-refractivity contribution in [1.29, 1.82) is 0 Å². The van der Waals surface area contributed by atoms with Crippen LogP contribution in [0.15, 0.2) is 6.33 Å². The van der Waals surface area contributed by atoms with Gasteiger partial charge in [0, 0.05) is 12.1 Å². The molecule has 5 nitrogen and oxygen atoms in total. The highest BCUT2D eigenvalue weighted by Gasteiger charge is 2.21. The molecule has 114 valence electrons. The van der Waals surface area contributed by atoms with E-state index in [1.807, 2.05) is 4.68 Å². The highest BCUT2D eigenvalue weighted by Crippen LogP contribution is 2.22. The molecular formula is C15H28N4O. The quantitative estimate of drug-likeness (QED) is 0.834. The molecule has 5 heteroatoms. The van der Waals surface area contributed by atoms with E-state index in [0.29, 0.717) is 24.8 Å². The average Bonchev–Trinajstić information content (AvgIpc) is 2.92. The van der Waals surface area contributed by atoms with Crippen LogP contribution in [-0.2, 0) is 11.3 Å². The van der Waals surface area contributed by atoms with Crippen LogP contribution < -0.4 is 5.32 Å². The highest BCUT2D eigenvalue weighted by molar-refractivity contribution is 4.85. The first-order chi connectivity index (χ1) is 9.70. The Hall–Kier alpha value is -0.940. The molecule has 0 amide bonds. The Morgan fingerprint density at radius 1 is 1.35 bits per heavy atom. The number of nitrogens with zero attached hydrogens (tertiary/aromatic N) is 3. The van der Waals surface area contributed by atoms with Crippen molar-refractivity contribution in [2.45, 2.75) is 77.7 Å². The predicted octanol–water partition coefficient (Wildman–Crippen LogP) is 2.69. The minimum absolute atomic E-state index is 0.338. The fraction of sp³-hybridized carbons (Fsp3) is 0.867. The summed E-state index contributed by atoms with van der Waals surface area (Å²) in [7, 11) is 0. The van der Waals surface area contributed by atoms with Gasteiger partial charge < -0.3 is 10.1 Å². The van der Waals surface area contributed by atoms with Crippen molar-refractivity contribution in [3.8, 4) is 0 Å². The zero-order valence-corrected chi connectivity index (χ0v) is 13.0. The molecule has 0 aromatic carbocycles. The molecule has 1 aromatic heterocycles. The lowest BCUT2D eigenvalue weighted by molar-refractivity contribution is 0.00621. The van der Waals surface area contributed by atoms with Gasteiger partial charge in [-0.1, -0.05) is 6.92 Å². The SMILES string of the molecule is CCCNC1CCC(OCc2ncnn2C(C)C)CC1. The van der Waals surface area contributed by atoms with Crippen molar-refractivity contribution < 1.29 is 4.74 Å². The molecule has 1 N–H and O–H groups in total. The zero-order chi connectivity index (χ0) is 14.4. The molecule has 1 aliphatic rings. The predicted molar refractivity (Wildman–Crippen MR) is 79.5 cm³/mol.